The van der Waals surface area contributed by atoms with Gasteiger partial charge in [-0.1, -0.05) is 33.6 Å². The van der Waals surface area contributed by atoms with Gasteiger partial charge in [0.1, 0.15) is 0 Å². The van der Waals surface area contributed by atoms with Gasteiger partial charge in [0.15, 0.2) is 0 Å². The second-order valence-electron chi connectivity index (χ2n) is 13.2. The maximum absolute atomic E-state index is 11.6. The minimum absolute atomic E-state index is 0.117. The number of fused-ring (bicyclic) bond motifs is 5. The first-order chi connectivity index (χ1) is 14.4. The van der Waals surface area contributed by atoms with E-state index in [2.05, 4.69) is 20.8 Å². The van der Waals surface area contributed by atoms with Crippen LogP contribution in [0.4, 0.5) is 0 Å². The summed E-state index contributed by atoms with van der Waals surface area (Å²) < 4.78 is 0. The van der Waals surface area contributed by atoms with Crippen LogP contribution in [-0.4, -0.2) is 44.3 Å². The van der Waals surface area contributed by atoms with Crippen molar-refractivity contribution in [3.8, 4) is 0 Å². The third kappa shape index (κ3) is 4.02. The van der Waals surface area contributed by atoms with Gasteiger partial charge in [0.2, 0.25) is 0 Å². The summed E-state index contributed by atoms with van der Waals surface area (Å²) in [6.45, 7) is 10.8. The van der Waals surface area contributed by atoms with Crippen LogP contribution in [0, 0.1) is 46.3 Å². The molecule has 4 aliphatic rings. The number of hydrogen-bond acceptors (Lipinski definition) is 4. The van der Waals surface area contributed by atoms with Crippen molar-refractivity contribution >= 4 is 0 Å². The molecule has 4 nitrogen and oxygen atoms in total. The first kappa shape index (κ1) is 24.0. The van der Waals surface area contributed by atoms with Crippen LogP contribution in [0.15, 0.2) is 0 Å². The van der Waals surface area contributed by atoms with Crippen LogP contribution in [0.2, 0.25) is 0 Å². The standard InChI is InChI=1S/C27H48O4/c1-16(7-6-11-25(2,3)31)19-8-9-20-24-21(15-23(30)27(19,20)5)26(4)12-10-18(28)13-17(26)14-22(24)29/h16-24,28-31H,6-15H2,1-5H3/t16-,17-,18-,19-,20+,21+,22-,23+,24+,26+,27-/m1/s1. The SMILES string of the molecule is C[C@H](CCCC(C)(C)O)[C@H]1CC[C@H]2[C@@H]3[C@H](O)C[C@H]4C[C@H](O)CC[C@]4(C)[C@H]3C[C@H](O)[C@]12C. The predicted octanol–water partition coefficient (Wildman–Crippen LogP) is 4.53. The lowest BCUT2D eigenvalue weighted by molar-refractivity contribution is -0.207. The van der Waals surface area contributed by atoms with E-state index in [4.69, 9.17) is 0 Å². The lowest BCUT2D eigenvalue weighted by atomic mass is 9.43. The van der Waals surface area contributed by atoms with Crippen molar-refractivity contribution in [2.45, 2.75) is 123 Å². The number of aliphatic hydroxyl groups excluding tert-OH is 3. The van der Waals surface area contributed by atoms with Crippen LogP contribution in [0.25, 0.3) is 0 Å². The van der Waals surface area contributed by atoms with Crippen molar-refractivity contribution in [2.75, 3.05) is 0 Å². The summed E-state index contributed by atoms with van der Waals surface area (Å²) >= 11 is 0. The van der Waals surface area contributed by atoms with Gasteiger partial charge in [-0.15, -0.1) is 0 Å². The molecule has 4 rings (SSSR count). The molecule has 31 heavy (non-hydrogen) atoms. The van der Waals surface area contributed by atoms with Crippen LogP contribution in [0.3, 0.4) is 0 Å². The fourth-order valence-corrected chi connectivity index (χ4v) is 9.19. The summed E-state index contributed by atoms with van der Waals surface area (Å²) in [6, 6.07) is 0. The van der Waals surface area contributed by atoms with Crippen LogP contribution in [0.1, 0.15) is 98.8 Å². The van der Waals surface area contributed by atoms with E-state index >= 15 is 0 Å². The van der Waals surface area contributed by atoms with Crippen molar-refractivity contribution in [3.05, 3.63) is 0 Å². The number of rotatable bonds is 5. The van der Waals surface area contributed by atoms with Gasteiger partial charge in [-0.25, -0.2) is 0 Å². The normalized spacial score (nSPS) is 51.0. The van der Waals surface area contributed by atoms with E-state index < -0.39 is 5.60 Å². The molecule has 11 atom stereocenters. The Morgan fingerprint density at radius 2 is 1.68 bits per heavy atom. The Morgan fingerprint density at radius 3 is 2.35 bits per heavy atom. The fraction of sp³-hybridized carbons (Fsp3) is 1.00. The molecule has 0 unspecified atom stereocenters. The summed E-state index contributed by atoms with van der Waals surface area (Å²) in [6.07, 6.45) is 8.73. The van der Waals surface area contributed by atoms with Crippen molar-refractivity contribution < 1.29 is 20.4 Å². The molecule has 0 radical (unpaired) electrons. The Kier molecular flexibility index (Phi) is 6.38. The monoisotopic (exact) mass is 436 g/mol. The second kappa shape index (κ2) is 8.25. The van der Waals surface area contributed by atoms with Gasteiger partial charge < -0.3 is 20.4 Å². The van der Waals surface area contributed by atoms with E-state index in [1.54, 1.807) is 0 Å². The summed E-state index contributed by atoms with van der Waals surface area (Å²) in [5, 5.41) is 43.3. The molecule has 0 aromatic rings. The number of hydrogen-bond donors (Lipinski definition) is 4. The van der Waals surface area contributed by atoms with Gasteiger partial charge in [0.25, 0.3) is 0 Å². The summed E-state index contributed by atoms with van der Waals surface area (Å²) in [7, 11) is 0. The lowest BCUT2D eigenvalue weighted by Crippen LogP contribution is -2.62. The van der Waals surface area contributed by atoms with Gasteiger partial charge in [0.05, 0.1) is 23.9 Å². The highest BCUT2D eigenvalue weighted by atomic mass is 16.3. The molecule has 0 amide bonds. The third-order valence-electron chi connectivity index (χ3n) is 11.0. The third-order valence-corrected chi connectivity index (χ3v) is 11.0. The van der Waals surface area contributed by atoms with Crippen molar-refractivity contribution in [3.63, 3.8) is 0 Å². The fourth-order valence-electron chi connectivity index (χ4n) is 9.19. The zero-order chi connectivity index (χ0) is 22.8. The zero-order valence-electron chi connectivity index (χ0n) is 20.6. The molecule has 4 aliphatic carbocycles. The molecule has 0 bridgehead atoms. The molecule has 0 heterocycles. The van der Waals surface area contributed by atoms with Gasteiger partial charge in [-0.05, 0) is 112 Å². The topological polar surface area (TPSA) is 80.9 Å². The Hall–Kier alpha value is -0.160. The van der Waals surface area contributed by atoms with E-state index in [1.807, 2.05) is 13.8 Å². The van der Waals surface area contributed by atoms with Crippen LogP contribution >= 0.6 is 0 Å². The quantitative estimate of drug-likeness (QED) is 0.511. The first-order valence-electron chi connectivity index (χ1n) is 13.1. The van der Waals surface area contributed by atoms with Crippen LogP contribution in [-0.2, 0) is 0 Å². The smallest absolute Gasteiger partial charge is 0.0602 e. The molecule has 180 valence electrons. The molecule has 0 aromatic carbocycles. The molecular formula is C27H48O4. The maximum Gasteiger partial charge on any atom is 0.0602 e. The van der Waals surface area contributed by atoms with Gasteiger partial charge in [-0.2, -0.15) is 0 Å². The summed E-state index contributed by atoms with van der Waals surface area (Å²) in [5.74, 6) is 2.44. The second-order valence-corrected chi connectivity index (χ2v) is 13.2. The molecular weight excluding hydrogens is 388 g/mol. The molecule has 0 saturated heterocycles. The van der Waals surface area contributed by atoms with Gasteiger partial charge in [-0.3, -0.25) is 0 Å². The van der Waals surface area contributed by atoms with Gasteiger partial charge >= 0.3 is 0 Å². The molecule has 4 N–H and O–H groups in total. The van der Waals surface area contributed by atoms with E-state index in [1.165, 1.54) is 0 Å². The van der Waals surface area contributed by atoms with Crippen LogP contribution in [0.5, 0.6) is 0 Å². The highest BCUT2D eigenvalue weighted by Crippen LogP contribution is 2.68. The van der Waals surface area contributed by atoms with E-state index in [-0.39, 0.29) is 29.1 Å². The summed E-state index contributed by atoms with van der Waals surface area (Å²) in [4.78, 5) is 0. The molecule has 4 heteroatoms. The largest absolute Gasteiger partial charge is 0.393 e. The Bertz CT molecular complexity index is 644. The maximum atomic E-state index is 11.6. The predicted molar refractivity (Wildman–Crippen MR) is 123 cm³/mol. The molecule has 0 spiro atoms. The van der Waals surface area contributed by atoms with E-state index in [0.29, 0.717) is 35.5 Å². The minimum Gasteiger partial charge on any atom is -0.393 e. The minimum atomic E-state index is -0.606. The highest BCUT2D eigenvalue weighted by Gasteiger charge is 2.65. The molecule has 0 aliphatic heterocycles. The number of aliphatic hydroxyl groups is 4. The van der Waals surface area contributed by atoms with E-state index in [9.17, 15) is 20.4 Å². The zero-order valence-corrected chi connectivity index (χ0v) is 20.6. The van der Waals surface area contributed by atoms with Crippen molar-refractivity contribution in [1.82, 2.24) is 0 Å². The van der Waals surface area contributed by atoms with E-state index in [0.717, 1.165) is 64.2 Å². The highest BCUT2D eigenvalue weighted by molar-refractivity contribution is 5.14. The Labute approximate surface area is 189 Å². The lowest BCUT2D eigenvalue weighted by Gasteiger charge is -2.63. The summed E-state index contributed by atoms with van der Waals surface area (Å²) in [5.41, 5.74) is -0.583. The first-order valence-corrected chi connectivity index (χ1v) is 13.1. The Balaban J connectivity index is 1.54. The van der Waals surface area contributed by atoms with Crippen molar-refractivity contribution in [1.29, 1.82) is 0 Å². The average molecular weight is 437 g/mol. The molecule has 4 saturated carbocycles. The molecule has 4 fully saturated rings. The average Bonchev–Trinajstić information content (AvgIpc) is 3.01. The van der Waals surface area contributed by atoms with Crippen LogP contribution < -0.4 is 0 Å². The van der Waals surface area contributed by atoms with Crippen molar-refractivity contribution in [2.24, 2.45) is 46.3 Å². The van der Waals surface area contributed by atoms with Gasteiger partial charge in [0, 0.05) is 0 Å². The molecule has 0 aromatic heterocycles. The Morgan fingerprint density at radius 1 is 0.968 bits per heavy atom.